The number of nitrogens with one attached hydrogen (secondary N) is 1. The van der Waals surface area contributed by atoms with Crippen LogP contribution >= 0.6 is 7.60 Å². The van der Waals surface area contributed by atoms with Gasteiger partial charge in [-0.05, 0) is 48.3 Å². The fraction of sp³-hybridized carbons (Fsp3) is 0.150. The summed E-state index contributed by atoms with van der Waals surface area (Å²) in [5, 5.41) is 7.53. The average molecular weight is 383 g/mol. The fourth-order valence-corrected chi connectivity index (χ4v) is 4.43. The summed E-state index contributed by atoms with van der Waals surface area (Å²) in [7, 11) is -3.77. The van der Waals surface area contributed by atoms with E-state index < -0.39 is 13.4 Å². The molecule has 2 aromatic carbocycles. The second-order valence-electron chi connectivity index (χ2n) is 6.14. The summed E-state index contributed by atoms with van der Waals surface area (Å²) in [6.45, 7) is 0. The van der Waals surface area contributed by atoms with Crippen LogP contribution in [-0.2, 0) is 4.57 Å². The van der Waals surface area contributed by atoms with Crippen LogP contribution in [0.25, 0.3) is 0 Å². The third-order valence-corrected chi connectivity index (χ3v) is 6.14. The summed E-state index contributed by atoms with van der Waals surface area (Å²) in [5.74, 6) is -0.0713. The molecule has 2 aromatic rings. The fourth-order valence-electron chi connectivity index (χ4n) is 2.72. The summed E-state index contributed by atoms with van der Waals surface area (Å²) in [6, 6.07) is 17.7. The van der Waals surface area contributed by atoms with E-state index in [1.165, 1.54) is 0 Å². The van der Waals surface area contributed by atoms with Crippen molar-refractivity contribution in [2.24, 2.45) is 11.5 Å². The number of benzene rings is 2. The van der Waals surface area contributed by atoms with E-state index in [1.54, 1.807) is 60.7 Å². The molecule has 5 N–H and O–H groups in total. The molecule has 0 amide bonds. The molecule has 0 aromatic heterocycles. The van der Waals surface area contributed by atoms with Gasteiger partial charge in [-0.3, -0.25) is 5.41 Å². The first kappa shape index (κ1) is 19.0. The molecular formula is C20H22N3O3P. The zero-order valence-corrected chi connectivity index (χ0v) is 15.6. The Morgan fingerprint density at radius 2 is 1.44 bits per heavy atom. The zero-order chi connectivity index (χ0) is 19.3. The molecule has 1 unspecified atom stereocenters. The van der Waals surface area contributed by atoms with Crippen LogP contribution in [0.4, 0.5) is 0 Å². The molecule has 0 saturated heterocycles. The van der Waals surface area contributed by atoms with Crippen LogP contribution in [0.5, 0.6) is 11.5 Å². The van der Waals surface area contributed by atoms with Gasteiger partial charge in [-0.2, -0.15) is 0 Å². The van der Waals surface area contributed by atoms with Gasteiger partial charge < -0.3 is 20.5 Å². The lowest BCUT2D eigenvalue weighted by atomic mass is 9.98. The van der Waals surface area contributed by atoms with Crippen molar-refractivity contribution in [3.05, 3.63) is 84.0 Å². The predicted octanol–water partition coefficient (Wildman–Crippen LogP) is 4.20. The highest BCUT2D eigenvalue weighted by Gasteiger charge is 2.39. The predicted molar refractivity (Wildman–Crippen MR) is 107 cm³/mol. The highest BCUT2D eigenvalue weighted by molar-refractivity contribution is 7.55. The average Bonchev–Trinajstić information content (AvgIpc) is 2.69. The summed E-state index contributed by atoms with van der Waals surface area (Å²) in [4.78, 5) is 0. The Balaban J connectivity index is 1.91. The van der Waals surface area contributed by atoms with E-state index >= 15 is 0 Å². The summed E-state index contributed by atoms with van der Waals surface area (Å²) < 4.78 is 25.2. The Bertz CT molecular complexity index is 865. The molecule has 0 fully saturated rings. The van der Waals surface area contributed by atoms with Gasteiger partial charge in [-0.1, -0.05) is 48.6 Å². The van der Waals surface area contributed by atoms with Gasteiger partial charge in [0.2, 0.25) is 0 Å². The molecular weight excluding hydrogens is 361 g/mol. The lowest BCUT2D eigenvalue weighted by Gasteiger charge is -2.27. The molecule has 0 aliphatic heterocycles. The summed E-state index contributed by atoms with van der Waals surface area (Å²) in [5.41, 5.74) is 13.3. The van der Waals surface area contributed by atoms with Crippen LogP contribution in [0, 0.1) is 5.41 Å². The number of para-hydroxylation sites is 2. The quantitative estimate of drug-likeness (QED) is 0.377. The van der Waals surface area contributed by atoms with Crippen molar-refractivity contribution in [3.8, 4) is 11.5 Å². The third kappa shape index (κ3) is 4.67. The van der Waals surface area contributed by atoms with Crippen molar-refractivity contribution < 1.29 is 13.6 Å². The number of rotatable bonds is 7. The molecule has 27 heavy (non-hydrogen) atoms. The van der Waals surface area contributed by atoms with Crippen molar-refractivity contribution >= 4 is 13.4 Å². The molecule has 1 aliphatic carbocycles. The van der Waals surface area contributed by atoms with Gasteiger partial charge in [0.1, 0.15) is 17.3 Å². The van der Waals surface area contributed by atoms with Gasteiger partial charge in [0, 0.05) is 0 Å². The molecule has 0 radical (unpaired) electrons. The van der Waals surface area contributed by atoms with E-state index in [9.17, 15) is 4.57 Å². The molecule has 1 aliphatic rings. The minimum absolute atomic E-state index is 0.0307. The van der Waals surface area contributed by atoms with Crippen molar-refractivity contribution in [2.45, 2.75) is 18.6 Å². The van der Waals surface area contributed by atoms with Crippen LogP contribution < -0.4 is 20.5 Å². The minimum atomic E-state index is -3.77. The maximum absolute atomic E-state index is 13.7. The lowest BCUT2D eigenvalue weighted by molar-refractivity contribution is 0.376. The van der Waals surface area contributed by atoms with Crippen molar-refractivity contribution in [3.63, 3.8) is 0 Å². The van der Waals surface area contributed by atoms with Crippen molar-refractivity contribution in [1.29, 1.82) is 5.41 Å². The third-order valence-electron chi connectivity index (χ3n) is 4.20. The van der Waals surface area contributed by atoms with Crippen LogP contribution in [-0.4, -0.2) is 11.6 Å². The normalized spacial score (nSPS) is 15.3. The largest absolute Gasteiger partial charge is 0.451 e. The zero-order valence-electron chi connectivity index (χ0n) is 14.7. The molecule has 0 spiro atoms. The Morgan fingerprint density at radius 1 is 0.926 bits per heavy atom. The smallest absolute Gasteiger partial charge is 0.415 e. The maximum atomic E-state index is 13.7. The summed E-state index contributed by atoms with van der Waals surface area (Å²) in [6.07, 6.45) is 4.58. The standard InChI is InChI=1S/C20H22N3O3P/c21-19(22)15-11-13-16(14-12-15)20(23)27(24,25-17-7-3-1-4-8-17)26-18-9-5-2-6-10-18/h1-11,13,20H,12,14,23H2,(H3,21,22). The Labute approximate surface area is 158 Å². The highest BCUT2D eigenvalue weighted by Crippen LogP contribution is 2.54. The molecule has 7 heteroatoms. The lowest BCUT2D eigenvalue weighted by Crippen LogP contribution is -2.29. The highest BCUT2D eigenvalue weighted by atomic mass is 31.2. The number of amidine groups is 1. The SMILES string of the molecule is N=C(N)C1=CC=C(C(N)P(=O)(Oc2ccccc2)Oc2ccccc2)CC1. The van der Waals surface area contributed by atoms with Gasteiger partial charge in [-0.15, -0.1) is 0 Å². The van der Waals surface area contributed by atoms with E-state index in [2.05, 4.69) is 0 Å². The topological polar surface area (TPSA) is 111 Å². The Morgan fingerprint density at radius 3 is 1.85 bits per heavy atom. The van der Waals surface area contributed by atoms with Gasteiger partial charge in [0.05, 0.1) is 0 Å². The first-order valence-corrected chi connectivity index (χ1v) is 10.2. The van der Waals surface area contributed by atoms with Gasteiger partial charge >= 0.3 is 7.60 Å². The molecule has 0 heterocycles. The number of hydrogen-bond donors (Lipinski definition) is 3. The Hall–Kier alpha value is -2.82. The second kappa shape index (κ2) is 8.25. The molecule has 1 atom stereocenters. The van der Waals surface area contributed by atoms with Crippen LogP contribution in [0.2, 0.25) is 0 Å². The van der Waals surface area contributed by atoms with E-state index in [4.69, 9.17) is 25.9 Å². The monoisotopic (exact) mass is 383 g/mol. The first-order chi connectivity index (χ1) is 13.0. The molecule has 6 nitrogen and oxygen atoms in total. The van der Waals surface area contributed by atoms with Gasteiger partial charge in [-0.25, -0.2) is 4.57 Å². The van der Waals surface area contributed by atoms with Crippen molar-refractivity contribution in [1.82, 2.24) is 0 Å². The molecule has 3 rings (SSSR count). The minimum Gasteiger partial charge on any atom is -0.415 e. The van der Waals surface area contributed by atoms with Crippen LogP contribution in [0.3, 0.4) is 0 Å². The molecule has 140 valence electrons. The van der Waals surface area contributed by atoms with E-state index in [0.717, 1.165) is 11.1 Å². The van der Waals surface area contributed by atoms with E-state index in [-0.39, 0.29) is 5.84 Å². The summed E-state index contributed by atoms with van der Waals surface area (Å²) >= 11 is 0. The van der Waals surface area contributed by atoms with Crippen LogP contribution in [0.1, 0.15) is 12.8 Å². The first-order valence-electron chi connectivity index (χ1n) is 8.56. The molecule has 0 bridgehead atoms. The molecule has 0 saturated carbocycles. The van der Waals surface area contributed by atoms with Crippen molar-refractivity contribution in [2.75, 3.05) is 0 Å². The van der Waals surface area contributed by atoms with Gasteiger partial charge in [0.15, 0.2) is 5.78 Å². The second-order valence-corrected chi connectivity index (χ2v) is 8.14. The van der Waals surface area contributed by atoms with E-state index in [1.807, 2.05) is 12.1 Å². The number of allylic oxidation sites excluding steroid dienone is 2. The van der Waals surface area contributed by atoms with Gasteiger partial charge in [0.25, 0.3) is 0 Å². The maximum Gasteiger partial charge on any atom is 0.451 e. The van der Waals surface area contributed by atoms with Crippen LogP contribution in [0.15, 0.2) is 84.0 Å². The Kier molecular flexibility index (Phi) is 5.79. The number of hydrogen-bond acceptors (Lipinski definition) is 5. The van der Waals surface area contributed by atoms with E-state index in [0.29, 0.717) is 24.3 Å². The number of nitrogens with two attached hydrogens (primary N) is 2.